The van der Waals surface area contributed by atoms with Crippen LogP contribution in [0.2, 0.25) is 5.02 Å². The number of carboxylic acid groups (broad SMARTS) is 1. The van der Waals surface area contributed by atoms with Crippen LogP contribution >= 0.6 is 11.6 Å². The van der Waals surface area contributed by atoms with E-state index in [1.165, 1.54) is 30.3 Å². The smallest absolute Gasteiger partial charge is 0.416 e. The minimum absolute atomic E-state index is 0.175. The van der Waals surface area contributed by atoms with Crippen LogP contribution in [0.5, 0.6) is 0 Å². The molecule has 0 atom stereocenters. The average molecular weight is 301 g/mol. The van der Waals surface area contributed by atoms with Crippen molar-refractivity contribution in [2.75, 3.05) is 0 Å². The molecule has 0 saturated heterocycles. The van der Waals surface area contributed by atoms with Gasteiger partial charge in [-0.05, 0) is 41.5 Å². The lowest BCUT2D eigenvalue weighted by molar-refractivity contribution is -0.137. The Kier molecular flexibility index (Phi) is 3.72. The summed E-state index contributed by atoms with van der Waals surface area (Å²) in [5.74, 6) is -1.41. The Labute approximate surface area is 117 Å². The normalized spacial score (nSPS) is 11.4. The molecule has 0 bridgehead atoms. The molecule has 0 spiro atoms. The van der Waals surface area contributed by atoms with Crippen LogP contribution in [0.25, 0.3) is 11.1 Å². The third kappa shape index (κ3) is 3.11. The highest BCUT2D eigenvalue weighted by atomic mass is 35.5. The van der Waals surface area contributed by atoms with Crippen molar-refractivity contribution in [1.29, 1.82) is 0 Å². The highest BCUT2D eigenvalue weighted by Gasteiger charge is 2.31. The first-order chi connectivity index (χ1) is 9.27. The molecule has 0 aromatic heterocycles. The number of carboxylic acids is 1. The molecule has 2 rings (SSSR count). The fourth-order valence-corrected chi connectivity index (χ4v) is 1.85. The SMILES string of the molecule is O=C(O)c1cc(-c2ccc(Cl)cc2)cc(C(F)(F)F)c1. The maximum atomic E-state index is 12.8. The quantitative estimate of drug-likeness (QED) is 0.871. The van der Waals surface area contributed by atoms with Crippen LogP contribution < -0.4 is 0 Å². The van der Waals surface area contributed by atoms with E-state index in [2.05, 4.69) is 0 Å². The highest BCUT2D eigenvalue weighted by Crippen LogP contribution is 2.33. The van der Waals surface area contributed by atoms with Gasteiger partial charge in [-0.25, -0.2) is 4.79 Å². The lowest BCUT2D eigenvalue weighted by Crippen LogP contribution is -2.08. The maximum absolute atomic E-state index is 12.8. The number of aromatic carboxylic acids is 1. The number of carbonyl (C=O) groups is 1. The van der Waals surface area contributed by atoms with Gasteiger partial charge in [-0.3, -0.25) is 0 Å². The molecule has 0 amide bonds. The van der Waals surface area contributed by atoms with Gasteiger partial charge in [-0.1, -0.05) is 23.7 Å². The summed E-state index contributed by atoms with van der Waals surface area (Å²) in [6.07, 6.45) is -4.60. The van der Waals surface area contributed by atoms with Gasteiger partial charge >= 0.3 is 12.1 Å². The Hall–Kier alpha value is -2.01. The lowest BCUT2D eigenvalue weighted by atomic mass is 9.99. The monoisotopic (exact) mass is 300 g/mol. The van der Waals surface area contributed by atoms with Gasteiger partial charge < -0.3 is 5.11 Å². The summed E-state index contributed by atoms with van der Waals surface area (Å²) in [6, 6.07) is 8.83. The second kappa shape index (κ2) is 5.17. The van der Waals surface area contributed by atoms with Gasteiger partial charge in [-0.15, -0.1) is 0 Å². The first kappa shape index (κ1) is 14.4. The van der Waals surface area contributed by atoms with E-state index in [0.717, 1.165) is 6.07 Å². The molecule has 20 heavy (non-hydrogen) atoms. The van der Waals surface area contributed by atoms with Gasteiger partial charge in [0.15, 0.2) is 0 Å². The van der Waals surface area contributed by atoms with Gasteiger partial charge in [0, 0.05) is 5.02 Å². The van der Waals surface area contributed by atoms with E-state index in [0.29, 0.717) is 16.7 Å². The van der Waals surface area contributed by atoms with Crippen molar-refractivity contribution < 1.29 is 23.1 Å². The number of benzene rings is 2. The summed E-state index contributed by atoms with van der Waals surface area (Å²) in [7, 11) is 0. The Morgan fingerprint density at radius 2 is 1.60 bits per heavy atom. The van der Waals surface area contributed by atoms with Crippen molar-refractivity contribution in [1.82, 2.24) is 0 Å². The summed E-state index contributed by atoms with van der Waals surface area (Å²) in [6.45, 7) is 0. The lowest BCUT2D eigenvalue weighted by Gasteiger charge is -2.11. The van der Waals surface area contributed by atoms with Crippen molar-refractivity contribution in [3.63, 3.8) is 0 Å². The summed E-state index contributed by atoms with van der Waals surface area (Å²) < 4.78 is 38.3. The van der Waals surface area contributed by atoms with E-state index in [9.17, 15) is 18.0 Å². The Bertz CT molecular complexity index is 648. The maximum Gasteiger partial charge on any atom is 0.416 e. The van der Waals surface area contributed by atoms with Crippen LogP contribution in [-0.4, -0.2) is 11.1 Å². The predicted molar refractivity (Wildman–Crippen MR) is 68.8 cm³/mol. The molecule has 0 aliphatic heterocycles. The van der Waals surface area contributed by atoms with Crippen molar-refractivity contribution in [3.05, 3.63) is 58.6 Å². The number of halogens is 4. The minimum atomic E-state index is -4.60. The van der Waals surface area contributed by atoms with Crippen molar-refractivity contribution in [2.45, 2.75) is 6.18 Å². The molecule has 2 aromatic rings. The predicted octanol–water partition coefficient (Wildman–Crippen LogP) is 4.72. The molecule has 0 aliphatic carbocycles. The number of rotatable bonds is 2. The molecule has 0 radical (unpaired) electrons. The van der Waals surface area contributed by atoms with E-state index in [1.54, 1.807) is 0 Å². The van der Waals surface area contributed by atoms with E-state index in [1.807, 2.05) is 0 Å². The van der Waals surface area contributed by atoms with Crippen LogP contribution in [0.4, 0.5) is 13.2 Å². The molecular weight excluding hydrogens is 293 g/mol. The van der Waals surface area contributed by atoms with Gasteiger partial charge in [0.05, 0.1) is 11.1 Å². The van der Waals surface area contributed by atoms with Crippen LogP contribution in [0, 0.1) is 0 Å². The van der Waals surface area contributed by atoms with Crippen molar-refractivity contribution in [3.8, 4) is 11.1 Å². The molecular formula is C14H8ClF3O2. The third-order valence-corrected chi connectivity index (χ3v) is 2.94. The zero-order chi connectivity index (χ0) is 14.9. The van der Waals surface area contributed by atoms with Crippen LogP contribution in [0.15, 0.2) is 42.5 Å². The van der Waals surface area contributed by atoms with E-state index >= 15 is 0 Å². The molecule has 1 N–H and O–H groups in total. The Morgan fingerprint density at radius 3 is 2.10 bits per heavy atom. The summed E-state index contributed by atoms with van der Waals surface area (Å²) >= 11 is 5.71. The fraction of sp³-hybridized carbons (Fsp3) is 0.0714. The topological polar surface area (TPSA) is 37.3 Å². The number of hydrogen-bond donors (Lipinski definition) is 1. The van der Waals surface area contributed by atoms with Crippen LogP contribution in [0.1, 0.15) is 15.9 Å². The van der Waals surface area contributed by atoms with Gasteiger partial charge in [0.25, 0.3) is 0 Å². The third-order valence-electron chi connectivity index (χ3n) is 2.68. The van der Waals surface area contributed by atoms with Gasteiger partial charge in [0.1, 0.15) is 0 Å². The van der Waals surface area contributed by atoms with Gasteiger partial charge in [0.2, 0.25) is 0 Å². The number of alkyl halides is 3. The zero-order valence-electron chi connectivity index (χ0n) is 9.91. The molecule has 0 unspecified atom stereocenters. The molecule has 0 heterocycles. The average Bonchev–Trinajstić information content (AvgIpc) is 2.38. The number of hydrogen-bond acceptors (Lipinski definition) is 1. The molecule has 2 nitrogen and oxygen atoms in total. The second-order valence-corrected chi connectivity index (χ2v) is 4.55. The van der Waals surface area contributed by atoms with E-state index in [4.69, 9.17) is 16.7 Å². The zero-order valence-corrected chi connectivity index (χ0v) is 10.7. The summed E-state index contributed by atoms with van der Waals surface area (Å²) in [5.41, 5.74) is -0.774. The largest absolute Gasteiger partial charge is 0.478 e. The molecule has 104 valence electrons. The molecule has 0 aliphatic rings. The van der Waals surface area contributed by atoms with Crippen molar-refractivity contribution >= 4 is 17.6 Å². The van der Waals surface area contributed by atoms with Crippen LogP contribution in [0.3, 0.4) is 0 Å². The standard InChI is InChI=1S/C14H8ClF3O2/c15-12-3-1-8(2-4-12)9-5-10(13(19)20)7-11(6-9)14(16,17)18/h1-7H,(H,19,20). The first-order valence-electron chi connectivity index (χ1n) is 5.49. The summed E-state index contributed by atoms with van der Waals surface area (Å²) in [4.78, 5) is 10.9. The Balaban J connectivity index is 2.60. The summed E-state index contributed by atoms with van der Waals surface area (Å²) in [5, 5.41) is 9.35. The Morgan fingerprint density at radius 1 is 1.00 bits per heavy atom. The second-order valence-electron chi connectivity index (χ2n) is 4.11. The molecule has 2 aromatic carbocycles. The first-order valence-corrected chi connectivity index (χ1v) is 5.87. The van der Waals surface area contributed by atoms with Gasteiger partial charge in [-0.2, -0.15) is 13.2 Å². The highest BCUT2D eigenvalue weighted by molar-refractivity contribution is 6.30. The molecule has 6 heteroatoms. The van der Waals surface area contributed by atoms with Crippen LogP contribution in [-0.2, 0) is 6.18 Å². The fourth-order valence-electron chi connectivity index (χ4n) is 1.72. The molecule has 0 saturated carbocycles. The molecule has 0 fully saturated rings. The van der Waals surface area contributed by atoms with E-state index in [-0.39, 0.29) is 5.56 Å². The van der Waals surface area contributed by atoms with Crippen molar-refractivity contribution in [2.24, 2.45) is 0 Å². The van der Waals surface area contributed by atoms with E-state index < -0.39 is 23.3 Å². The minimum Gasteiger partial charge on any atom is -0.478 e.